The summed E-state index contributed by atoms with van der Waals surface area (Å²) in [6.07, 6.45) is 0. The van der Waals surface area contributed by atoms with E-state index in [9.17, 15) is 5.11 Å². The van der Waals surface area contributed by atoms with E-state index in [1.165, 1.54) is 11.8 Å². The van der Waals surface area contributed by atoms with Crippen LogP contribution in [0.4, 0.5) is 0 Å². The van der Waals surface area contributed by atoms with Crippen LogP contribution in [0.15, 0.2) is 5.16 Å². The lowest BCUT2D eigenvalue weighted by Gasteiger charge is -2.26. The van der Waals surface area contributed by atoms with Crippen LogP contribution in [0.1, 0.15) is 34.6 Å². The van der Waals surface area contributed by atoms with E-state index >= 15 is 0 Å². The van der Waals surface area contributed by atoms with Gasteiger partial charge in [-0.2, -0.15) is 0 Å². The van der Waals surface area contributed by atoms with Crippen LogP contribution in [-0.2, 0) is 6.54 Å². The van der Waals surface area contributed by atoms with E-state index in [-0.39, 0.29) is 5.92 Å². The van der Waals surface area contributed by atoms with Gasteiger partial charge < -0.3 is 10.4 Å². The zero-order valence-corrected chi connectivity index (χ0v) is 13.9. The molecule has 1 aromatic heterocycles. The van der Waals surface area contributed by atoms with Crippen LogP contribution in [-0.4, -0.2) is 49.8 Å². The van der Waals surface area contributed by atoms with Gasteiger partial charge in [-0.1, -0.05) is 39.5 Å². The number of hydrogen-bond acceptors (Lipinski definition) is 6. The van der Waals surface area contributed by atoms with E-state index in [4.69, 9.17) is 0 Å². The summed E-state index contributed by atoms with van der Waals surface area (Å²) in [6, 6.07) is 0. The van der Waals surface area contributed by atoms with Crippen molar-refractivity contribution >= 4 is 11.8 Å². The number of aromatic nitrogens is 4. The highest BCUT2D eigenvalue weighted by Gasteiger charge is 2.26. The first-order valence-electron chi connectivity index (χ1n) is 7.15. The van der Waals surface area contributed by atoms with Crippen molar-refractivity contribution in [3.63, 3.8) is 0 Å². The third-order valence-electron chi connectivity index (χ3n) is 3.29. The topological polar surface area (TPSA) is 75.9 Å². The molecule has 1 heterocycles. The van der Waals surface area contributed by atoms with Gasteiger partial charge in [0.15, 0.2) is 0 Å². The lowest BCUT2D eigenvalue weighted by atomic mass is 9.95. The van der Waals surface area contributed by atoms with Crippen molar-refractivity contribution in [2.24, 2.45) is 11.8 Å². The summed E-state index contributed by atoms with van der Waals surface area (Å²) in [6.45, 7) is 12.8. The Hall–Kier alpha value is -0.660. The molecule has 1 unspecified atom stereocenters. The highest BCUT2D eigenvalue weighted by atomic mass is 32.2. The monoisotopic (exact) mass is 301 g/mol. The fourth-order valence-corrected chi connectivity index (χ4v) is 2.52. The molecular weight excluding hydrogens is 274 g/mol. The predicted octanol–water partition coefficient (Wildman–Crippen LogP) is 1.42. The van der Waals surface area contributed by atoms with Gasteiger partial charge in [0.05, 0.1) is 12.1 Å². The Labute approximate surface area is 125 Å². The van der Waals surface area contributed by atoms with Crippen LogP contribution in [0.25, 0.3) is 0 Å². The Morgan fingerprint density at radius 3 is 2.65 bits per heavy atom. The molecule has 0 amide bonds. The molecule has 1 rings (SSSR count). The zero-order valence-electron chi connectivity index (χ0n) is 13.1. The maximum absolute atomic E-state index is 10.2. The van der Waals surface area contributed by atoms with Crippen LogP contribution in [0.2, 0.25) is 0 Å². The number of rotatable bonds is 9. The summed E-state index contributed by atoms with van der Waals surface area (Å²) < 4.78 is 1.79. The molecule has 6 nitrogen and oxygen atoms in total. The maximum atomic E-state index is 10.2. The molecule has 1 aromatic rings. The molecule has 0 radical (unpaired) electrons. The number of nitrogens with zero attached hydrogens (tertiary/aromatic N) is 4. The molecule has 2 N–H and O–H groups in total. The van der Waals surface area contributed by atoms with Gasteiger partial charge in [0, 0.05) is 12.3 Å². The minimum absolute atomic E-state index is 0.201. The van der Waals surface area contributed by atoms with E-state index in [0.29, 0.717) is 11.7 Å². The van der Waals surface area contributed by atoms with Crippen LogP contribution < -0.4 is 5.32 Å². The first-order chi connectivity index (χ1) is 9.33. The number of nitrogens with one attached hydrogen (secondary N) is 1. The van der Waals surface area contributed by atoms with Crippen LogP contribution in [0.5, 0.6) is 0 Å². The van der Waals surface area contributed by atoms with Gasteiger partial charge in [0.1, 0.15) is 0 Å². The fraction of sp³-hybridized carbons (Fsp3) is 0.923. The Morgan fingerprint density at radius 1 is 1.35 bits per heavy atom. The average Bonchev–Trinajstić information content (AvgIpc) is 2.79. The first-order valence-corrected chi connectivity index (χ1v) is 8.13. The largest absolute Gasteiger partial charge is 0.389 e. The van der Waals surface area contributed by atoms with E-state index in [1.54, 1.807) is 4.68 Å². The van der Waals surface area contributed by atoms with Gasteiger partial charge >= 0.3 is 0 Å². The van der Waals surface area contributed by atoms with Gasteiger partial charge in [-0.25, -0.2) is 4.68 Å². The van der Waals surface area contributed by atoms with Crippen molar-refractivity contribution in [2.45, 2.75) is 51.9 Å². The Morgan fingerprint density at radius 2 is 2.05 bits per heavy atom. The van der Waals surface area contributed by atoms with Crippen LogP contribution in [0, 0.1) is 11.8 Å². The molecule has 0 aliphatic carbocycles. The van der Waals surface area contributed by atoms with Crippen molar-refractivity contribution in [2.75, 3.05) is 18.8 Å². The van der Waals surface area contributed by atoms with E-state index in [0.717, 1.165) is 24.8 Å². The number of tetrazole rings is 1. The Balaban J connectivity index is 2.42. The second-order valence-corrected chi connectivity index (χ2v) is 7.03. The summed E-state index contributed by atoms with van der Waals surface area (Å²) >= 11 is 1.50. The minimum Gasteiger partial charge on any atom is -0.389 e. The van der Waals surface area contributed by atoms with Crippen LogP contribution in [0.3, 0.4) is 0 Å². The normalized spacial score (nSPS) is 15.0. The standard InChI is InChI=1S/C13H27N5OS/c1-10(2)8-14-6-7-18-12(15-16-17-18)20-9-13(5,19)11(3)4/h10-11,14,19H,6-9H2,1-5H3. The van der Waals surface area contributed by atoms with Crippen molar-refractivity contribution in [3.05, 3.63) is 0 Å². The van der Waals surface area contributed by atoms with Crippen molar-refractivity contribution in [3.8, 4) is 0 Å². The molecule has 0 saturated heterocycles. The Bertz CT molecular complexity index is 392. The summed E-state index contributed by atoms with van der Waals surface area (Å²) in [5.74, 6) is 1.43. The molecule has 0 spiro atoms. The smallest absolute Gasteiger partial charge is 0.209 e. The quantitative estimate of drug-likeness (QED) is 0.531. The molecule has 20 heavy (non-hydrogen) atoms. The highest BCUT2D eigenvalue weighted by Crippen LogP contribution is 2.25. The molecule has 0 saturated carbocycles. The van der Waals surface area contributed by atoms with E-state index in [2.05, 4.69) is 34.7 Å². The molecule has 0 aromatic carbocycles. The molecule has 116 valence electrons. The first kappa shape index (κ1) is 17.4. The van der Waals surface area contributed by atoms with Gasteiger partial charge in [0.25, 0.3) is 0 Å². The molecular formula is C13H27N5OS. The SMILES string of the molecule is CC(C)CNCCn1nnnc1SCC(C)(O)C(C)C. The molecule has 7 heteroatoms. The summed E-state index contributed by atoms with van der Waals surface area (Å²) in [7, 11) is 0. The van der Waals surface area contributed by atoms with Gasteiger partial charge in [-0.05, 0) is 35.7 Å². The van der Waals surface area contributed by atoms with Gasteiger partial charge in [-0.3, -0.25) is 0 Å². The second kappa shape index (κ2) is 7.95. The van der Waals surface area contributed by atoms with Gasteiger partial charge in [0.2, 0.25) is 5.16 Å². The fourth-order valence-electron chi connectivity index (χ4n) is 1.39. The second-order valence-electron chi connectivity index (χ2n) is 6.08. The summed E-state index contributed by atoms with van der Waals surface area (Å²) in [5, 5.41) is 26.1. The number of aliphatic hydroxyl groups is 1. The zero-order chi connectivity index (χ0) is 15.2. The predicted molar refractivity (Wildman–Crippen MR) is 81.7 cm³/mol. The van der Waals surface area contributed by atoms with E-state index in [1.807, 2.05) is 20.8 Å². The maximum Gasteiger partial charge on any atom is 0.209 e. The highest BCUT2D eigenvalue weighted by molar-refractivity contribution is 7.99. The number of hydrogen-bond donors (Lipinski definition) is 2. The Kier molecular flexibility index (Phi) is 6.91. The van der Waals surface area contributed by atoms with Crippen molar-refractivity contribution < 1.29 is 5.11 Å². The molecule has 0 aliphatic heterocycles. The molecule has 1 atom stereocenters. The van der Waals surface area contributed by atoms with Crippen molar-refractivity contribution in [1.29, 1.82) is 0 Å². The average molecular weight is 301 g/mol. The lowest BCUT2D eigenvalue weighted by Crippen LogP contribution is -2.34. The van der Waals surface area contributed by atoms with Crippen LogP contribution >= 0.6 is 11.8 Å². The minimum atomic E-state index is -0.711. The van der Waals surface area contributed by atoms with E-state index < -0.39 is 5.60 Å². The lowest BCUT2D eigenvalue weighted by molar-refractivity contribution is 0.0375. The van der Waals surface area contributed by atoms with Gasteiger partial charge in [-0.15, -0.1) is 5.10 Å². The third-order valence-corrected chi connectivity index (χ3v) is 4.57. The molecule has 0 fully saturated rings. The third kappa shape index (κ3) is 5.76. The molecule has 0 bridgehead atoms. The molecule has 0 aliphatic rings. The van der Waals surface area contributed by atoms with Crippen molar-refractivity contribution in [1.82, 2.24) is 25.5 Å². The summed E-state index contributed by atoms with van der Waals surface area (Å²) in [4.78, 5) is 0. The number of thioether (sulfide) groups is 1. The summed E-state index contributed by atoms with van der Waals surface area (Å²) in [5.41, 5.74) is -0.711.